The Morgan fingerprint density at radius 2 is 1.64 bits per heavy atom. The fourth-order valence-corrected chi connectivity index (χ4v) is 3.94. The Kier molecular flexibility index (Phi) is 7.29. The zero-order valence-corrected chi connectivity index (χ0v) is 19.7. The third-order valence-corrected chi connectivity index (χ3v) is 5.93. The molecule has 1 aliphatic rings. The molecular weight excluding hydrogens is 460 g/mol. The maximum atomic E-state index is 13.3. The van der Waals surface area contributed by atoms with Crippen LogP contribution < -0.4 is 21.5 Å². The fraction of sp³-hybridized carbons (Fsp3) is 0.185. The molecule has 9 heteroatoms. The number of fused-ring (bicyclic) bond motifs is 1. The SMILES string of the molecule is COC(=O)/C=C/CNC(=O)C(=O)NNc1ccccc1C(=O)NC1(c2cccc3ccccc23)CC1. The standard InChI is InChI=1S/C27H26N4O5/c1-36-23(32)14-7-17-28-25(34)26(35)31-30-22-13-5-4-11-20(22)24(33)29-27(15-16-27)21-12-6-9-18-8-2-3-10-19(18)21/h2-14,30H,15-17H2,1H3,(H,28,34)(H,29,33)(H,31,35)/b14-7+. The van der Waals surface area contributed by atoms with Crippen LogP contribution in [-0.4, -0.2) is 37.3 Å². The van der Waals surface area contributed by atoms with E-state index in [-0.39, 0.29) is 12.5 Å². The molecule has 0 radical (unpaired) electrons. The van der Waals surface area contributed by atoms with Crippen LogP contribution in [0, 0.1) is 0 Å². The van der Waals surface area contributed by atoms with Crippen molar-refractivity contribution in [1.82, 2.24) is 16.1 Å². The van der Waals surface area contributed by atoms with Gasteiger partial charge < -0.3 is 15.4 Å². The molecule has 36 heavy (non-hydrogen) atoms. The molecule has 0 heterocycles. The number of hydrazine groups is 1. The second-order valence-electron chi connectivity index (χ2n) is 8.32. The van der Waals surface area contributed by atoms with E-state index in [4.69, 9.17) is 0 Å². The van der Waals surface area contributed by atoms with E-state index in [2.05, 4.69) is 32.3 Å². The van der Waals surface area contributed by atoms with Gasteiger partial charge in [0.05, 0.1) is 23.9 Å². The van der Waals surface area contributed by atoms with E-state index in [0.29, 0.717) is 11.3 Å². The number of nitrogens with one attached hydrogen (secondary N) is 4. The van der Waals surface area contributed by atoms with Gasteiger partial charge in [-0.2, -0.15) is 0 Å². The molecule has 0 bridgehead atoms. The van der Waals surface area contributed by atoms with Crippen LogP contribution in [-0.2, 0) is 24.7 Å². The number of anilines is 1. The third-order valence-electron chi connectivity index (χ3n) is 5.93. The minimum absolute atomic E-state index is 0.0312. The first-order valence-electron chi connectivity index (χ1n) is 11.4. The minimum atomic E-state index is -0.953. The van der Waals surface area contributed by atoms with Crippen LogP contribution in [0.4, 0.5) is 5.69 Å². The Hall–Kier alpha value is -4.66. The van der Waals surface area contributed by atoms with Crippen LogP contribution in [0.2, 0.25) is 0 Å². The zero-order chi connectivity index (χ0) is 25.5. The van der Waals surface area contributed by atoms with Crippen LogP contribution in [0.3, 0.4) is 0 Å². The summed E-state index contributed by atoms with van der Waals surface area (Å²) in [7, 11) is 1.23. The molecule has 3 amide bonds. The summed E-state index contributed by atoms with van der Waals surface area (Å²) in [6.45, 7) is -0.0312. The van der Waals surface area contributed by atoms with Crippen molar-refractivity contribution in [2.45, 2.75) is 18.4 Å². The Labute approximate surface area is 207 Å². The molecule has 9 nitrogen and oxygen atoms in total. The summed E-state index contributed by atoms with van der Waals surface area (Å²) in [5, 5.41) is 7.73. The summed E-state index contributed by atoms with van der Waals surface area (Å²) >= 11 is 0. The van der Waals surface area contributed by atoms with Crippen molar-refractivity contribution in [1.29, 1.82) is 0 Å². The fourth-order valence-electron chi connectivity index (χ4n) is 3.94. The molecule has 3 aromatic carbocycles. The van der Waals surface area contributed by atoms with E-state index in [1.165, 1.54) is 13.2 Å². The molecule has 184 valence electrons. The van der Waals surface area contributed by atoms with Crippen LogP contribution in [0.1, 0.15) is 28.8 Å². The van der Waals surface area contributed by atoms with Crippen molar-refractivity contribution in [2.75, 3.05) is 19.1 Å². The first kappa shape index (κ1) is 24.5. The van der Waals surface area contributed by atoms with Crippen LogP contribution in [0.25, 0.3) is 10.8 Å². The molecule has 0 unspecified atom stereocenters. The summed E-state index contributed by atoms with van der Waals surface area (Å²) in [6, 6.07) is 20.8. The van der Waals surface area contributed by atoms with E-state index in [0.717, 1.165) is 35.3 Å². The summed E-state index contributed by atoms with van der Waals surface area (Å²) < 4.78 is 4.44. The molecule has 0 atom stereocenters. The molecule has 1 fully saturated rings. The van der Waals surface area contributed by atoms with Gasteiger partial charge in [-0.25, -0.2) is 4.79 Å². The number of hydrogen-bond acceptors (Lipinski definition) is 6. The maximum absolute atomic E-state index is 13.3. The molecule has 0 spiro atoms. The summed E-state index contributed by atoms with van der Waals surface area (Å²) in [5.41, 5.74) is 6.24. The van der Waals surface area contributed by atoms with Crippen LogP contribution >= 0.6 is 0 Å². The highest BCUT2D eigenvalue weighted by Gasteiger charge is 2.46. The molecular formula is C27H26N4O5. The predicted octanol–water partition coefficient (Wildman–Crippen LogP) is 2.55. The Balaban J connectivity index is 1.40. The Bertz CT molecular complexity index is 1340. The van der Waals surface area contributed by atoms with E-state index in [1.54, 1.807) is 24.3 Å². The second-order valence-corrected chi connectivity index (χ2v) is 8.32. The average Bonchev–Trinajstić information content (AvgIpc) is 3.69. The van der Waals surface area contributed by atoms with Crippen molar-refractivity contribution in [2.24, 2.45) is 0 Å². The van der Waals surface area contributed by atoms with Crippen molar-refractivity contribution >= 4 is 40.2 Å². The monoisotopic (exact) mass is 486 g/mol. The molecule has 3 aromatic rings. The number of ether oxygens (including phenoxy) is 1. The van der Waals surface area contributed by atoms with Gasteiger partial charge in [-0.05, 0) is 41.3 Å². The molecule has 0 aromatic heterocycles. The van der Waals surface area contributed by atoms with Gasteiger partial charge in [-0.3, -0.25) is 25.2 Å². The number of carbonyl (C=O) groups excluding carboxylic acids is 4. The molecule has 1 aliphatic carbocycles. The largest absolute Gasteiger partial charge is 0.466 e. The lowest BCUT2D eigenvalue weighted by atomic mass is 9.96. The second kappa shape index (κ2) is 10.7. The number of benzene rings is 3. The lowest BCUT2D eigenvalue weighted by Gasteiger charge is -2.21. The van der Waals surface area contributed by atoms with Gasteiger partial charge in [0.2, 0.25) is 0 Å². The Morgan fingerprint density at radius 3 is 2.42 bits per heavy atom. The number of hydrogen-bond donors (Lipinski definition) is 4. The topological polar surface area (TPSA) is 126 Å². The van der Waals surface area contributed by atoms with Gasteiger partial charge in [0.1, 0.15) is 0 Å². The predicted molar refractivity (Wildman–Crippen MR) is 135 cm³/mol. The van der Waals surface area contributed by atoms with Gasteiger partial charge in [0, 0.05) is 12.6 Å². The van der Waals surface area contributed by atoms with Gasteiger partial charge >= 0.3 is 17.8 Å². The molecule has 4 rings (SSSR count). The molecule has 1 saturated carbocycles. The maximum Gasteiger partial charge on any atom is 0.330 e. The van der Waals surface area contributed by atoms with E-state index in [9.17, 15) is 19.2 Å². The molecule has 4 N–H and O–H groups in total. The van der Waals surface area contributed by atoms with E-state index < -0.39 is 23.3 Å². The minimum Gasteiger partial charge on any atom is -0.466 e. The first-order chi connectivity index (χ1) is 17.4. The summed E-state index contributed by atoms with van der Waals surface area (Å²) in [4.78, 5) is 48.4. The van der Waals surface area contributed by atoms with Crippen LogP contribution in [0.5, 0.6) is 0 Å². The summed E-state index contributed by atoms with van der Waals surface area (Å²) in [6.07, 6.45) is 4.14. The van der Waals surface area contributed by atoms with Gasteiger partial charge in [-0.15, -0.1) is 0 Å². The lowest BCUT2D eigenvalue weighted by molar-refractivity contribution is -0.138. The number of esters is 1. The number of para-hydroxylation sites is 1. The van der Waals surface area contributed by atoms with Crippen molar-refractivity contribution in [3.05, 3.63) is 90.0 Å². The van der Waals surface area contributed by atoms with E-state index >= 15 is 0 Å². The lowest BCUT2D eigenvalue weighted by Crippen LogP contribution is -2.43. The van der Waals surface area contributed by atoms with Crippen molar-refractivity contribution < 1.29 is 23.9 Å². The highest BCUT2D eigenvalue weighted by atomic mass is 16.5. The van der Waals surface area contributed by atoms with Crippen LogP contribution in [0.15, 0.2) is 78.9 Å². The number of rotatable bonds is 8. The normalized spacial score (nSPS) is 13.6. The average molecular weight is 487 g/mol. The molecule has 0 aliphatic heterocycles. The number of amides is 3. The number of methoxy groups -OCH3 is 1. The quantitative estimate of drug-likeness (QED) is 0.168. The van der Waals surface area contributed by atoms with Gasteiger partial charge in [-0.1, -0.05) is 60.7 Å². The first-order valence-corrected chi connectivity index (χ1v) is 11.4. The highest BCUT2D eigenvalue weighted by Crippen LogP contribution is 2.48. The number of carbonyl (C=O) groups is 4. The van der Waals surface area contributed by atoms with Crippen molar-refractivity contribution in [3.63, 3.8) is 0 Å². The Morgan fingerprint density at radius 1 is 0.917 bits per heavy atom. The van der Waals surface area contributed by atoms with E-state index in [1.807, 2.05) is 36.4 Å². The van der Waals surface area contributed by atoms with Gasteiger partial charge in [0.25, 0.3) is 5.91 Å². The zero-order valence-electron chi connectivity index (χ0n) is 19.7. The van der Waals surface area contributed by atoms with Crippen molar-refractivity contribution in [3.8, 4) is 0 Å². The van der Waals surface area contributed by atoms with Gasteiger partial charge in [0.15, 0.2) is 0 Å². The summed E-state index contributed by atoms with van der Waals surface area (Å²) in [5.74, 6) is -2.73. The highest BCUT2D eigenvalue weighted by molar-refractivity contribution is 6.35. The smallest absolute Gasteiger partial charge is 0.330 e. The molecule has 0 saturated heterocycles. The third kappa shape index (κ3) is 5.52.